The summed E-state index contributed by atoms with van der Waals surface area (Å²) in [5.74, 6) is 2.15. The number of para-hydroxylation sites is 1. The molecule has 2 aromatic carbocycles. The van der Waals surface area contributed by atoms with Crippen molar-refractivity contribution in [3.63, 3.8) is 0 Å². The molecule has 0 heterocycles. The molecule has 1 unspecified atom stereocenters. The van der Waals surface area contributed by atoms with Crippen LogP contribution in [0.5, 0.6) is 23.0 Å². The van der Waals surface area contributed by atoms with Crippen molar-refractivity contribution < 1.29 is 23.7 Å². The van der Waals surface area contributed by atoms with E-state index in [1.165, 1.54) is 6.08 Å². The number of amides is 1. The summed E-state index contributed by atoms with van der Waals surface area (Å²) in [6.45, 7) is 0.436. The Kier molecular flexibility index (Phi) is 8.55. The molecule has 0 aliphatic heterocycles. The zero-order valence-electron chi connectivity index (χ0n) is 18.4. The second-order valence-electron chi connectivity index (χ2n) is 6.76. The van der Waals surface area contributed by atoms with Gasteiger partial charge in [0.25, 0.3) is 0 Å². The van der Waals surface area contributed by atoms with E-state index in [1.807, 2.05) is 43.3 Å². The molecule has 0 radical (unpaired) electrons. The molecular formula is C23H30N2O5. The SMILES string of the molecule is COc1ccccc1C(CNC(=O)/C=C/c1cc(OC)c(OC)c(OC)c1)N(C)C. The number of carbonyl (C=O) groups is 1. The summed E-state index contributed by atoms with van der Waals surface area (Å²) in [4.78, 5) is 14.5. The first-order chi connectivity index (χ1) is 14.4. The predicted molar refractivity (Wildman–Crippen MR) is 118 cm³/mol. The summed E-state index contributed by atoms with van der Waals surface area (Å²) in [6, 6.07) is 11.3. The van der Waals surface area contributed by atoms with Gasteiger partial charge >= 0.3 is 0 Å². The van der Waals surface area contributed by atoms with Crippen LogP contribution in [0.25, 0.3) is 6.08 Å². The maximum Gasteiger partial charge on any atom is 0.244 e. The van der Waals surface area contributed by atoms with Crippen molar-refractivity contribution in [2.75, 3.05) is 49.1 Å². The number of nitrogens with zero attached hydrogens (tertiary/aromatic N) is 1. The molecule has 0 aliphatic rings. The van der Waals surface area contributed by atoms with Crippen LogP contribution in [0.2, 0.25) is 0 Å². The highest BCUT2D eigenvalue weighted by atomic mass is 16.5. The third-order valence-corrected chi connectivity index (χ3v) is 4.71. The predicted octanol–water partition coefficient (Wildman–Crippen LogP) is 3.15. The van der Waals surface area contributed by atoms with E-state index < -0.39 is 0 Å². The van der Waals surface area contributed by atoms with Crippen LogP contribution in [0.1, 0.15) is 17.2 Å². The van der Waals surface area contributed by atoms with Crippen LogP contribution in [0.3, 0.4) is 0 Å². The molecule has 162 valence electrons. The average Bonchev–Trinajstić information content (AvgIpc) is 2.76. The summed E-state index contributed by atoms with van der Waals surface area (Å²) in [6.07, 6.45) is 3.18. The minimum absolute atomic E-state index is 0.0281. The maximum absolute atomic E-state index is 12.4. The zero-order chi connectivity index (χ0) is 22.1. The molecule has 0 saturated carbocycles. The quantitative estimate of drug-likeness (QED) is 0.603. The number of carbonyl (C=O) groups excluding carboxylic acids is 1. The molecule has 0 aliphatic carbocycles. The highest BCUT2D eigenvalue weighted by Gasteiger charge is 2.18. The van der Waals surface area contributed by atoms with E-state index in [0.717, 1.165) is 16.9 Å². The number of rotatable bonds is 10. The van der Waals surface area contributed by atoms with Crippen molar-refractivity contribution >= 4 is 12.0 Å². The second-order valence-corrected chi connectivity index (χ2v) is 6.76. The number of hydrogen-bond donors (Lipinski definition) is 1. The van der Waals surface area contributed by atoms with Gasteiger partial charge in [0.1, 0.15) is 5.75 Å². The van der Waals surface area contributed by atoms with Crippen LogP contribution in [0, 0.1) is 0 Å². The Morgan fingerprint density at radius 3 is 2.10 bits per heavy atom. The molecule has 7 nitrogen and oxygen atoms in total. The molecular weight excluding hydrogens is 384 g/mol. The molecule has 30 heavy (non-hydrogen) atoms. The Balaban J connectivity index is 2.12. The van der Waals surface area contributed by atoms with E-state index in [4.69, 9.17) is 18.9 Å². The Bertz CT molecular complexity index is 855. The first-order valence-corrected chi connectivity index (χ1v) is 9.50. The molecule has 0 bridgehead atoms. The van der Waals surface area contributed by atoms with Gasteiger partial charge in [-0.3, -0.25) is 4.79 Å². The summed E-state index contributed by atoms with van der Waals surface area (Å²) in [5, 5.41) is 2.95. The first kappa shape index (κ1) is 23.1. The van der Waals surface area contributed by atoms with E-state index in [2.05, 4.69) is 5.32 Å². The minimum Gasteiger partial charge on any atom is -0.496 e. The van der Waals surface area contributed by atoms with Crippen LogP contribution < -0.4 is 24.3 Å². The van der Waals surface area contributed by atoms with Gasteiger partial charge in [-0.15, -0.1) is 0 Å². The van der Waals surface area contributed by atoms with Crippen LogP contribution in [-0.2, 0) is 4.79 Å². The minimum atomic E-state index is -0.203. The smallest absolute Gasteiger partial charge is 0.244 e. The van der Waals surface area contributed by atoms with Gasteiger partial charge < -0.3 is 29.2 Å². The van der Waals surface area contributed by atoms with Gasteiger partial charge in [0.2, 0.25) is 11.7 Å². The van der Waals surface area contributed by atoms with Crippen LogP contribution in [-0.4, -0.2) is 59.9 Å². The first-order valence-electron chi connectivity index (χ1n) is 9.50. The van der Waals surface area contributed by atoms with Gasteiger partial charge in [0.05, 0.1) is 34.5 Å². The van der Waals surface area contributed by atoms with Crippen LogP contribution in [0.4, 0.5) is 0 Å². The van der Waals surface area contributed by atoms with Crippen molar-refractivity contribution in [2.45, 2.75) is 6.04 Å². The summed E-state index contributed by atoms with van der Waals surface area (Å²) < 4.78 is 21.5. The number of likely N-dealkylation sites (N-methyl/N-ethyl adjacent to an activating group) is 1. The van der Waals surface area contributed by atoms with Gasteiger partial charge in [-0.25, -0.2) is 0 Å². The second kappa shape index (κ2) is 11.1. The number of hydrogen-bond acceptors (Lipinski definition) is 6. The Hall–Kier alpha value is -3.19. The monoisotopic (exact) mass is 414 g/mol. The lowest BCUT2D eigenvalue weighted by molar-refractivity contribution is -0.116. The molecule has 1 amide bonds. The number of nitrogens with one attached hydrogen (secondary N) is 1. The van der Waals surface area contributed by atoms with E-state index in [-0.39, 0.29) is 11.9 Å². The molecule has 0 saturated heterocycles. The van der Waals surface area contributed by atoms with Gasteiger partial charge in [-0.1, -0.05) is 18.2 Å². The van der Waals surface area contributed by atoms with Crippen molar-refractivity contribution in [3.05, 3.63) is 53.6 Å². The lowest BCUT2D eigenvalue weighted by atomic mass is 10.0. The number of benzene rings is 2. The normalized spacial score (nSPS) is 12.0. The standard InChI is InChI=1S/C23H30N2O5/c1-25(2)18(17-9-7-8-10-19(17)27-3)15-24-22(26)12-11-16-13-20(28-4)23(30-6)21(14-16)29-5/h7-14,18H,15H2,1-6H3,(H,24,26)/b12-11+. The lowest BCUT2D eigenvalue weighted by Gasteiger charge is -2.26. The van der Waals surface area contributed by atoms with Gasteiger partial charge in [0, 0.05) is 18.2 Å². The number of methoxy groups -OCH3 is 4. The third-order valence-electron chi connectivity index (χ3n) is 4.71. The van der Waals surface area contributed by atoms with Crippen LogP contribution in [0.15, 0.2) is 42.5 Å². The molecule has 0 fully saturated rings. The fourth-order valence-electron chi connectivity index (χ4n) is 3.14. The lowest BCUT2D eigenvalue weighted by Crippen LogP contribution is -2.33. The third kappa shape index (κ3) is 5.67. The zero-order valence-corrected chi connectivity index (χ0v) is 18.4. The fourth-order valence-corrected chi connectivity index (χ4v) is 3.14. The average molecular weight is 415 g/mol. The Morgan fingerprint density at radius 1 is 0.967 bits per heavy atom. The highest BCUT2D eigenvalue weighted by Crippen LogP contribution is 2.38. The maximum atomic E-state index is 12.4. The van der Waals surface area contributed by atoms with Crippen molar-refractivity contribution in [3.8, 4) is 23.0 Å². The van der Waals surface area contributed by atoms with E-state index in [1.54, 1.807) is 46.6 Å². The van der Waals surface area contributed by atoms with Gasteiger partial charge in [0.15, 0.2) is 11.5 Å². The molecule has 1 atom stereocenters. The van der Waals surface area contributed by atoms with E-state index >= 15 is 0 Å². The van der Waals surface area contributed by atoms with E-state index in [9.17, 15) is 4.79 Å². The van der Waals surface area contributed by atoms with Gasteiger partial charge in [-0.05, 0) is 43.9 Å². The van der Waals surface area contributed by atoms with Crippen LogP contribution >= 0.6 is 0 Å². The van der Waals surface area contributed by atoms with Crippen molar-refractivity contribution in [2.24, 2.45) is 0 Å². The van der Waals surface area contributed by atoms with E-state index in [0.29, 0.717) is 23.8 Å². The molecule has 2 aromatic rings. The summed E-state index contributed by atoms with van der Waals surface area (Å²) in [7, 11) is 10.2. The topological polar surface area (TPSA) is 69.3 Å². The molecule has 1 N–H and O–H groups in total. The molecule has 0 aromatic heterocycles. The highest BCUT2D eigenvalue weighted by molar-refractivity contribution is 5.92. The molecule has 0 spiro atoms. The largest absolute Gasteiger partial charge is 0.496 e. The molecule has 7 heteroatoms. The Labute approximate surface area is 178 Å². The Morgan fingerprint density at radius 2 is 1.57 bits per heavy atom. The van der Waals surface area contributed by atoms with Gasteiger partial charge in [-0.2, -0.15) is 0 Å². The van der Waals surface area contributed by atoms with Crippen molar-refractivity contribution in [1.29, 1.82) is 0 Å². The fraction of sp³-hybridized carbons (Fsp3) is 0.348. The molecule has 2 rings (SSSR count). The van der Waals surface area contributed by atoms with Crippen molar-refractivity contribution in [1.82, 2.24) is 10.2 Å². The number of ether oxygens (including phenoxy) is 4. The summed E-state index contributed by atoms with van der Waals surface area (Å²) in [5.41, 5.74) is 1.77. The summed E-state index contributed by atoms with van der Waals surface area (Å²) >= 11 is 0.